The maximum atomic E-state index is 9.33. The third kappa shape index (κ3) is 1.46. The number of ether oxygens (including phenoxy) is 1. The number of fused-ring (bicyclic) bond motifs is 1. The van der Waals surface area contributed by atoms with Crippen LogP contribution < -0.4 is 0 Å². The van der Waals surface area contributed by atoms with Crippen LogP contribution in [0.15, 0.2) is 12.2 Å². The lowest BCUT2D eigenvalue weighted by Gasteiger charge is -2.36. The Morgan fingerprint density at radius 3 is 2.47 bits per heavy atom. The van der Waals surface area contributed by atoms with E-state index >= 15 is 0 Å². The summed E-state index contributed by atoms with van der Waals surface area (Å²) >= 11 is 0. The molecule has 0 spiro atoms. The van der Waals surface area contributed by atoms with Gasteiger partial charge in [0.05, 0.1) is 11.7 Å². The van der Waals surface area contributed by atoms with Crippen molar-refractivity contribution in [3.63, 3.8) is 0 Å². The molecule has 1 aliphatic heterocycles. The summed E-state index contributed by atoms with van der Waals surface area (Å²) in [5, 5.41) is 9.33. The van der Waals surface area contributed by atoms with Gasteiger partial charge in [0.25, 0.3) is 0 Å². The van der Waals surface area contributed by atoms with Crippen LogP contribution in [-0.2, 0) is 4.74 Å². The van der Waals surface area contributed by atoms with Crippen molar-refractivity contribution in [1.82, 2.24) is 0 Å². The molecule has 1 saturated heterocycles. The van der Waals surface area contributed by atoms with E-state index in [0.29, 0.717) is 0 Å². The summed E-state index contributed by atoms with van der Waals surface area (Å²) in [5.41, 5.74) is 0.0702. The highest BCUT2D eigenvalue weighted by Gasteiger charge is 2.73. The molecule has 2 heteroatoms. The third-order valence-electron chi connectivity index (χ3n) is 4.20. The van der Waals surface area contributed by atoms with Crippen LogP contribution in [0.2, 0.25) is 0 Å². The first-order valence-electron chi connectivity index (χ1n) is 5.91. The van der Waals surface area contributed by atoms with Gasteiger partial charge < -0.3 is 9.84 Å². The van der Waals surface area contributed by atoms with Crippen LogP contribution >= 0.6 is 0 Å². The molecule has 0 bridgehead atoms. The number of epoxide rings is 1. The predicted molar refractivity (Wildman–Crippen MR) is 60.7 cm³/mol. The van der Waals surface area contributed by atoms with Crippen molar-refractivity contribution in [2.75, 3.05) is 0 Å². The monoisotopic (exact) mass is 210 g/mol. The molecule has 0 aromatic rings. The molecular formula is C13H22O2. The SMILES string of the molecule is CC(O)C=CC12OC1(C)CCCC2(C)C. The van der Waals surface area contributed by atoms with Crippen LogP contribution in [0, 0.1) is 5.41 Å². The van der Waals surface area contributed by atoms with Gasteiger partial charge in [0.15, 0.2) is 0 Å². The topological polar surface area (TPSA) is 32.8 Å². The van der Waals surface area contributed by atoms with Crippen LogP contribution in [0.1, 0.15) is 47.0 Å². The highest BCUT2D eigenvalue weighted by atomic mass is 16.6. The summed E-state index contributed by atoms with van der Waals surface area (Å²) in [6.45, 7) is 8.51. The Morgan fingerprint density at radius 1 is 1.27 bits per heavy atom. The van der Waals surface area contributed by atoms with Crippen LogP contribution in [0.4, 0.5) is 0 Å². The fraction of sp³-hybridized carbons (Fsp3) is 0.846. The van der Waals surface area contributed by atoms with Gasteiger partial charge in [0, 0.05) is 5.41 Å². The first kappa shape index (κ1) is 11.2. The molecule has 1 heterocycles. The molecule has 0 radical (unpaired) electrons. The summed E-state index contributed by atoms with van der Waals surface area (Å²) in [5.74, 6) is 0. The Bertz CT molecular complexity index is 293. The highest BCUT2D eigenvalue weighted by molar-refractivity contribution is 5.31. The molecule has 1 aliphatic carbocycles. The predicted octanol–water partition coefficient (Wildman–Crippen LogP) is 2.66. The van der Waals surface area contributed by atoms with Gasteiger partial charge in [-0.1, -0.05) is 26.0 Å². The summed E-state index contributed by atoms with van der Waals surface area (Å²) in [4.78, 5) is 0. The minimum absolute atomic E-state index is 0.0140. The second-order valence-corrected chi connectivity index (χ2v) is 5.91. The van der Waals surface area contributed by atoms with E-state index in [4.69, 9.17) is 4.74 Å². The molecular weight excluding hydrogens is 188 g/mol. The second kappa shape index (κ2) is 3.08. The molecule has 3 atom stereocenters. The molecule has 86 valence electrons. The van der Waals surface area contributed by atoms with Crippen molar-refractivity contribution in [3.05, 3.63) is 12.2 Å². The van der Waals surface area contributed by atoms with E-state index in [9.17, 15) is 5.11 Å². The summed E-state index contributed by atoms with van der Waals surface area (Å²) < 4.78 is 6.02. The van der Waals surface area contributed by atoms with Crippen molar-refractivity contribution >= 4 is 0 Å². The summed E-state index contributed by atoms with van der Waals surface area (Å²) in [6.07, 6.45) is 7.15. The fourth-order valence-corrected chi connectivity index (χ4v) is 3.18. The van der Waals surface area contributed by atoms with Gasteiger partial charge in [-0.05, 0) is 33.1 Å². The normalized spacial score (nSPS) is 45.1. The molecule has 0 aromatic heterocycles. The van der Waals surface area contributed by atoms with Crippen molar-refractivity contribution in [1.29, 1.82) is 0 Å². The standard InChI is InChI=1S/C13H22O2/c1-10(14)6-9-13-11(2,3)7-5-8-12(13,4)15-13/h6,9-10,14H,5,7-8H2,1-4H3. The molecule has 2 aliphatic rings. The quantitative estimate of drug-likeness (QED) is 0.561. The van der Waals surface area contributed by atoms with Gasteiger partial charge >= 0.3 is 0 Å². The maximum Gasteiger partial charge on any atom is 0.121 e. The maximum absolute atomic E-state index is 9.33. The summed E-state index contributed by atoms with van der Waals surface area (Å²) in [6, 6.07) is 0. The van der Waals surface area contributed by atoms with Crippen molar-refractivity contribution in [2.45, 2.75) is 64.3 Å². The first-order chi connectivity index (χ1) is 6.83. The lowest BCUT2D eigenvalue weighted by atomic mass is 9.64. The number of rotatable bonds is 2. The highest BCUT2D eigenvalue weighted by Crippen LogP contribution is 2.65. The zero-order valence-corrected chi connectivity index (χ0v) is 10.2. The van der Waals surface area contributed by atoms with Gasteiger partial charge in [-0.25, -0.2) is 0 Å². The van der Waals surface area contributed by atoms with E-state index in [0.717, 1.165) is 6.42 Å². The number of hydrogen-bond acceptors (Lipinski definition) is 2. The van der Waals surface area contributed by atoms with Gasteiger partial charge in [0.2, 0.25) is 0 Å². The lowest BCUT2D eigenvalue weighted by Crippen LogP contribution is -2.41. The Kier molecular flexibility index (Phi) is 2.29. The average Bonchev–Trinajstić information content (AvgIpc) is 2.70. The van der Waals surface area contributed by atoms with E-state index < -0.39 is 0 Å². The van der Waals surface area contributed by atoms with Gasteiger partial charge in [-0.15, -0.1) is 0 Å². The van der Waals surface area contributed by atoms with E-state index in [2.05, 4.69) is 26.8 Å². The minimum Gasteiger partial charge on any atom is -0.389 e. The molecule has 15 heavy (non-hydrogen) atoms. The van der Waals surface area contributed by atoms with Crippen LogP contribution in [0.5, 0.6) is 0 Å². The fourth-order valence-electron chi connectivity index (χ4n) is 3.18. The van der Waals surface area contributed by atoms with E-state index in [-0.39, 0.29) is 22.7 Å². The zero-order chi connectivity index (χ0) is 11.3. The number of aliphatic hydroxyl groups is 1. The molecule has 1 N–H and O–H groups in total. The molecule has 2 nitrogen and oxygen atoms in total. The minimum atomic E-state index is -0.384. The molecule has 0 aromatic carbocycles. The van der Waals surface area contributed by atoms with E-state index in [1.54, 1.807) is 6.92 Å². The Labute approximate surface area is 92.3 Å². The van der Waals surface area contributed by atoms with Crippen molar-refractivity contribution in [2.24, 2.45) is 5.41 Å². The largest absolute Gasteiger partial charge is 0.389 e. The average molecular weight is 210 g/mol. The Balaban J connectivity index is 2.26. The lowest BCUT2D eigenvalue weighted by molar-refractivity contribution is 0.163. The smallest absolute Gasteiger partial charge is 0.121 e. The van der Waals surface area contributed by atoms with Gasteiger partial charge in [0.1, 0.15) is 5.60 Å². The van der Waals surface area contributed by atoms with E-state index in [1.165, 1.54) is 12.8 Å². The summed E-state index contributed by atoms with van der Waals surface area (Å²) in [7, 11) is 0. The van der Waals surface area contributed by atoms with E-state index in [1.807, 2.05) is 6.08 Å². The van der Waals surface area contributed by atoms with Crippen LogP contribution in [-0.4, -0.2) is 22.4 Å². The van der Waals surface area contributed by atoms with Gasteiger partial charge in [-0.3, -0.25) is 0 Å². The molecule has 2 fully saturated rings. The Morgan fingerprint density at radius 2 is 1.93 bits per heavy atom. The van der Waals surface area contributed by atoms with Crippen molar-refractivity contribution < 1.29 is 9.84 Å². The third-order valence-corrected chi connectivity index (χ3v) is 4.20. The molecule has 0 amide bonds. The van der Waals surface area contributed by atoms with Crippen molar-refractivity contribution in [3.8, 4) is 0 Å². The zero-order valence-electron chi connectivity index (χ0n) is 10.2. The Hall–Kier alpha value is -0.340. The molecule has 3 unspecified atom stereocenters. The number of aliphatic hydroxyl groups excluding tert-OH is 1. The second-order valence-electron chi connectivity index (χ2n) is 5.91. The molecule has 1 saturated carbocycles. The van der Waals surface area contributed by atoms with Crippen LogP contribution in [0.25, 0.3) is 0 Å². The van der Waals surface area contributed by atoms with Crippen LogP contribution in [0.3, 0.4) is 0 Å². The molecule has 2 rings (SSSR count). The van der Waals surface area contributed by atoms with Gasteiger partial charge in [-0.2, -0.15) is 0 Å². The number of hydrogen-bond donors (Lipinski definition) is 1. The first-order valence-corrected chi connectivity index (χ1v) is 5.91.